The number of carbonyl (C=O) groups is 2. The highest BCUT2D eigenvalue weighted by Gasteiger charge is 2.37. The summed E-state index contributed by atoms with van der Waals surface area (Å²) in [6.07, 6.45) is 3.19. The van der Waals surface area contributed by atoms with Gasteiger partial charge in [0.25, 0.3) is 0 Å². The zero-order chi connectivity index (χ0) is 25.8. The van der Waals surface area contributed by atoms with Crippen LogP contribution in [0.1, 0.15) is 16.7 Å². The number of aryl methyl sites for hydroxylation is 1. The quantitative estimate of drug-likeness (QED) is 0.406. The van der Waals surface area contributed by atoms with Crippen molar-refractivity contribution in [3.8, 4) is 0 Å². The first kappa shape index (κ1) is 24.8. The number of hydrogen-bond donors (Lipinski definition) is 1. The fraction of sp³-hybridized carbons (Fsp3) is 0.290. The second-order valence-corrected chi connectivity index (χ2v) is 9.91. The number of amides is 2. The van der Waals surface area contributed by atoms with Gasteiger partial charge in [0.1, 0.15) is 6.04 Å². The molecule has 1 aliphatic rings. The van der Waals surface area contributed by atoms with Crippen LogP contribution >= 0.6 is 0 Å². The molecule has 1 saturated heterocycles. The summed E-state index contributed by atoms with van der Waals surface area (Å²) in [5, 5.41) is 4.59. The number of para-hydroxylation sites is 1. The molecule has 190 valence electrons. The van der Waals surface area contributed by atoms with Crippen LogP contribution in [0.5, 0.6) is 0 Å². The van der Waals surface area contributed by atoms with Gasteiger partial charge in [-0.15, -0.1) is 0 Å². The van der Waals surface area contributed by atoms with E-state index in [-0.39, 0.29) is 17.9 Å². The third-order valence-corrected chi connectivity index (χ3v) is 7.30. The molecule has 1 aromatic heterocycles. The number of nitrogens with one attached hydrogen (secondary N) is 1. The molecule has 1 aliphatic heterocycles. The highest BCUT2D eigenvalue weighted by Crippen LogP contribution is 2.24. The van der Waals surface area contributed by atoms with Gasteiger partial charge in [0.05, 0.1) is 6.04 Å². The summed E-state index contributed by atoms with van der Waals surface area (Å²) >= 11 is 0. The molecule has 0 bridgehead atoms. The lowest BCUT2D eigenvalue weighted by Crippen LogP contribution is -2.62. The minimum Gasteiger partial charge on any atom is -0.350 e. The summed E-state index contributed by atoms with van der Waals surface area (Å²) in [6, 6.07) is 27.3. The average Bonchev–Trinajstić information content (AvgIpc) is 3.24. The molecule has 2 heterocycles. The van der Waals surface area contributed by atoms with Crippen LogP contribution in [0.2, 0.25) is 0 Å². The number of hydrogen-bond acceptors (Lipinski definition) is 3. The van der Waals surface area contributed by atoms with Crippen LogP contribution in [-0.2, 0) is 36.0 Å². The molecule has 5 rings (SSSR count). The van der Waals surface area contributed by atoms with Gasteiger partial charge in [-0.2, -0.15) is 0 Å². The van der Waals surface area contributed by atoms with Gasteiger partial charge in [0.15, 0.2) is 0 Å². The monoisotopic (exact) mass is 494 g/mol. The van der Waals surface area contributed by atoms with Crippen LogP contribution in [-0.4, -0.2) is 58.4 Å². The van der Waals surface area contributed by atoms with Gasteiger partial charge in [-0.1, -0.05) is 78.9 Å². The van der Waals surface area contributed by atoms with Gasteiger partial charge in [-0.25, -0.2) is 0 Å². The molecule has 37 heavy (non-hydrogen) atoms. The van der Waals surface area contributed by atoms with E-state index in [1.165, 1.54) is 0 Å². The largest absolute Gasteiger partial charge is 0.350 e. The standard InChI is InChI=1S/C31H34N4O2/c1-33-22-25(26-15-9-10-16-28(26)33)20-27-30(36)35(18-17-32-27)29(19-23-11-5-3-6-12-23)31(37)34(2)21-24-13-7-4-8-14-24/h3-16,22,27,29,32H,17-21H2,1-2H3/t27?,29-/m0/s1. The first-order valence-corrected chi connectivity index (χ1v) is 12.9. The maximum absolute atomic E-state index is 13.9. The SMILES string of the molecule is CN(Cc1ccccc1)C(=O)[C@H](Cc1ccccc1)N1CCNC(Cc2cn(C)c3ccccc23)C1=O. The Bertz CT molecular complexity index is 1370. The summed E-state index contributed by atoms with van der Waals surface area (Å²) in [6.45, 7) is 1.67. The van der Waals surface area contributed by atoms with E-state index < -0.39 is 6.04 Å². The Morgan fingerprint density at radius 2 is 1.62 bits per heavy atom. The maximum atomic E-state index is 13.9. The Kier molecular flexibility index (Phi) is 7.37. The van der Waals surface area contributed by atoms with Gasteiger partial charge < -0.3 is 19.7 Å². The number of aromatic nitrogens is 1. The molecular weight excluding hydrogens is 460 g/mol. The van der Waals surface area contributed by atoms with Crippen molar-refractivity contribution in [2.45, 2.75) is 31.5 Å². The van der Waals surface area contributed by atoms with E-state index in [9.17, 15) is 9.59 Å². The smallest absolute Gasteiger partial charge is 0.245 e. The van der Waals surface area contributed by atoms with Crippen LogP contribution in [0.3, 0.4) is 0 Å². The number of fused-ring (bicyclic) bond motifs is 1. The van der Waals surface area contributed by atoms with Crippen LogP contribution < -0.4 is 5.32 Å². The number of carbonyl (C=O) groups excluding carboxylic acids is 2. The molecule has 0 aliphatic carbocycles. The van der Waals surface area contributed by atoms with Gasteiger partial charge in [0, 0.05) is 57.3 Å². The molecular formula is C31H34N4O2. The lowest BCUT2D eigenvalue weighted by atomic mass is 9.98. The van der Waals surface area contributed by atoms with Crippen LogP contribution in [0.4, 0.5) is 0 Å². The number of likely N-dealkylation sites (N-methyl/N-ethyl adjacent to an activating group) is 1. The van der Waals surface area contributed by atoms with E-state index in [0.29, 0.717) is 32.5 Å². The molecule has 3 aromatic carbocycles. The Morgan fingerprint density at radius 1 is 0.973 bits per heavy atom. The topological polar surface area (TPSA) is 57.6 Å². The van der Waals surface area contributed by atoms with Crippen molar-refractivity contribution in [3.63, 3.8) is 0 Å². The summed E-state index contributed by atoms with van der Waals surface area (Å²) in [5.74, 6) is -0.0477. The van der Waals surface area contributed by atoms with E-state index in [4.69, 9.17) is 0 Å². The Morgan fingerprint density at radius 3 is 2.35 bits per heavy atom. The minimum absolute atomic E-state index is 0.0124. The minimum atomic E-state index is -0.555. The van der Waals surface area contributed by atoms with E-state index >= 15 is 0 Å². The van der Waals surface area contributed by atoms with Crippen LogP contribution in [0, 0.1) is 0 Å². The van der Waals surface area contributed by atoms with Gasteiger partial charge in [-0.05, 0) is 29.2 Å². The first-order valence-electron chi connectivity index (χ1n) is 12.9. The molecule has 2 amide bonds. The normalized spacial score (nSPS) is 16.6. The number of piperazine rings is 1. The fourth-order valence-corrected chi connectivity index (χ4v) is 5.39. The number of benzene rings is 3. The fourth-order valence-electron chi connectivity index (χ4n) is 5.39. The van der Waals surface area contributed by atoms with Crippen LogP contribution in [0.25, 0.3) is 10.9 Å². The lowest BCUT2D eigenvalue weighted by Gasteiger charge is -2.39. The second kappa shape index (κ2) is 11.0. The molecule has 1 N–H and O–H groups in total. The summed E-state index contributed by atoms with van der Waals surface area (Å²) in [7, 11) is 3.86. The predicted molar refractivity (Wildman–Crippen MR) is 147 cm³/mol. The first-order chi connectivity index (χ1) is 18.0. The Balaban J connectivity index is 1.39. The van der Waals surface area contributed by atoms with Crippen LogP contribution in [0.15, 0.2) is 91.1 Å². The van der Waals surface area contributed by atoms with Crippen molar-refractivity contribution in [1.29, 1.82) is 0 Å². The molecule has 0 radical (unpaired) electrons. The second-order valence-electron chi connectivity index (χ2n) is 9.91. The zero-order valence-corrected chi connectivity index (χ0v) is 21.5. The summed E-state index contributed by atoms with van der Waals surface area (Å²) < 4.78 is 2.11. The lowest BCUT2D eigenvalue weighted by molar-refractivity contribution is -0.148. The Labute approximate surface area is 218 Å². The van der Waals surface area contributed by atoms with E-state index in [1.807, 2.05) is 91.8 Å². The molecule has 4 aromatic rings. The van der Waals surface area contributed by atoms with E-state index in [1.54, 1.807) is 4.90 Å². The maximum Gasteiger partial charge on any atom is 0.245 e. The highest BCUT2D eigenvalue weighted by atomic mass is 16.2. The summed E-state index contributed by atoms with van der Waals surface area (Å²) in [4.78, 5) is 31.3. The van der Waals surface area contributed by atoms with Crippen molar-refractivity contribution >= 4 is 22.7 Å². The summed E-state index contributed by atoms with van der Waals surface area (Å²) in [5.41, 5.74) is 4.40. The zero-order valence-electron chi connectivity index (χ0n) is 21.5. The average molecular weight is 495 g/mol. The molecule has 2 atom stereocenters. The van der Waals surface area contributed by atoms with Gasteiger partial charge in [0.2, 0.25) is 11.8 Å². The van der Waals surface area contributed by atoms with Crippen molar-refractivity contribution in [2.24, 2.45) is 7.05 Å². The van der Waals surface area contributed by atoms with Crippen molar-refractivity contribution < 1.29 is 9.59 Å². The van der Waals surface area contributed by atoms with E-state index in [2.05, 4.69) is 28.2 Å². The molecule has 0 saturated carbocycles. The third-order valence-electron chi connectivity index (χ3n) is 7.30. The number of nitrogens with zero attached hydrogens (tertiary/aromatic N) is 3. The van der Waals surface area contributed by atoms with Crippen molar-refractivity contribution in [2.75, 3.05) is 20.1 Å². The number of rotatable bonds is 8. The molecule has 6 heteroatoms. The molecule has 0 spiro atoms. The van der Waals surface area contributed by atoms with Crippen molar-refractivity contribution in [1.82, 2.24) is 19.7 Å². The Hall–Kier alpha value is -3.90. The highest BCUT2D eigenvalue weighted by molar-refractivity contribution is 5.91. The third kappa shape index (κ3) is 5.44. The van der Waals surface area contributed by atoms with Gasteiger partial charge >= 0.3 is 0 Å². The van der Waals surface area contributed by atoms with E-state index in [0.717, 1.165) is 27.6 Å². The molecule has 1 unspecified atom stereocenters. The molecule has 6 nitrogen and oxygen atoms in total. The van der Waals surface area contributed by atoms with Gasteiger partial charge in [-0.3, -0.25) is 9.59 Å². The molecule has 1 fully saturated rings. The van der Waals surface area contributed by atoms with Crippen molar-refractivity contribution in [3.05, 3.63) is 108 Å². The predicted octanol–water partition coefficient (Wildman–Crippen LogP) is 3.79.